The number of aromatic amines is 2. The van der Waals surface area contributed by atoms with Gasteiger partial charge in [-0.3, -0.25) is 28.8 Å². The van der Waals surface area contributed by atoms with E-state index in [1.54, 1.807) is 36.5 Å². The lowest BCUT2D eigenvalue weighted by Crippen LogP contribution is -2.62. The highest BCUT2D eigenvalue weighted by Crippen LogP contribution is 2.71. The van der Waals surface area contributed by atoms with Gasteiger partial charge in [-0.15, -0.1) is 11.3 Å². The fourth-order valence-corrected chi connectivity index (χ4v) is 28.3. The highest BCUT2D eigenvalue weighted by atomic mass is 32.2. The molecule has 3 aromatic carbocycles. The molecule has 15 unspecified atom stereocenters. The molecular weight excluding hydrogens is 1430 g/mol. The molecule has 107 heavy (non-hydrogen) atoms. The van der Waals surface area contributed by atoms with Crippen molar-refractivity contribution in [2.75, 3.05) is 23.0 Å². The fraction of sp³-hybridized carbons (Fsp3) is 0.541. The molecular formula is C85H98N6O12S4. The van der Waals surface area contributed by atoms with Gasteiger partial charge in [0.05, 0.1) is 67.9 Å². The summed E-state index contributed by atoms with van der Waals surface area (Å²) < 4.78 is 1.77. The second kappa shape index (κ2) is 26.9. The number of carbonyl (C=O) groups excluding carboxylic acids is 6. The van der Waals surface area contributed by atoms with Gasteiger partial charge in [0.25, 0.3) is 0 Å². The Morgan fingerprint density at radius 1 is 0.523 bits per heavy atom. The van der Waals surface area contributed by atoms with Crippen molar-refractivity contribution in [3.8, 4) is 0 Å². The first-order valence-electron chi connectivity index (χ1n) is 38.4. The summed E-state index contributed by atoms with van der Waals surface area (Å²) in [5, 5.41) is 71.7. The van der Waals surface area contributed by atoms with Crippen molar-refractivity contribution in [1.82, 2.24) is 24.9 Å². The number of aliphatic hydroxyl groups is 6. The number of Topliss-reactive ketones (excluding diaryl/α,β-unsaturated/α-hetero) is 3. The number of nitrogen functional groups attached to an aromatic ring is 1. The molecule has 9 fully saturated rings. The molecule has 18 rings (SSSR count). The molecule has 9 saturated carbocycles. The number of benzene rings is 3. The van der Waals surface area contributed by atoms with E-state index in [1.807, 2.05) is 106 Å². The number of hydrogen-bond acceptors (Lipinski definition) is 20. The van der Waals surface area contributed by atoms with Crippen molar-refractivity contribution < 1.29 is 59.4 Å². The lowest BCUT2D eigenvalue weighted by atomic mass is 9.45. The number of imidazole rings is 2. The van der Waals surface area contributed by atoms with E-state index < -0.39 is 51.4 Å². The molecule has 0 bridgehead atoms. The third-order valence-corrected chi connectivity index (χ3v) is 33.7. The van der Waals surface area contributed by atoms with Crippen molar-refractivity contribution in [2.45, 2.75) is 188 Å². The van der Waals surface area contributed by atoms with Gasteiger partial charge >= 0.3 is 0 Å². The lowest BCUT2D eigenvalue weighted by molar-refractivity contribution is -0.176. The Hall–Kier alpha value is -6.44. The first-order chi connectivity index (χ1) is 50.8. The topological polar surface area (TPSA) is 320 Å². The summed E-state index contributed by atoms with van der Waals surface area (Å²) in [6.07, 6.45) is 23.2. The predicted molar refractivity (Wildman–Crippen MR) is 417 cm³/mol. The highest BCUT2D eigenvalue weighted by molar-refractivity contribution is 8.01. The number of allylic oxidation sites excluding steroid dienone is 12. The number of hydrogen-bond donors (Lipinski definition) is 9. The number of nitrogens with one attached hydrogen (secondary N) is 2. The van der Waals surface area contributed by atoms with E-state index in [9.17, 15) is 59.4 Å². The maximum absolute atomic E-state index is 13.6. The molecule has 10 N–H and O–H groups in total. The van der Waals surface area contributed by atoms with Crippen molar-refractivity contribution >= 4 is 119 Å². The third kappa shape index (κ3) is 11.8. The van der Waals surface area contributed by atoms with Crippen molar-refractivity contribution in [1.29, 1.82) is 0 Å². The minimum absolute atomic E-state index is 0.00713. The number of rotatable bonds is 12. The number of para-hydroxylation sites is 4. The zero-order valence-electron chi connectivity index (χ0n) is 61.8. The first-order valence-corrected chi connectivity index (χ1v) is 42.1. The van der Waals surface area contributed by atoms with Crippen LogP contribution in [0.2, 0.25) is 0 Å². The van der Waals surface area contributed by atoms with Crippen molar-refractivity contribution in [2.24, 2.45) is 91.7 Å². The molecule has 22 atom stereocenters. The number of carbonyl (C=O) groups is 6. The second-order valence-corrected chi connectivity index (χ2v) is 39.0. The van der Waals surface area contributed by atoms with E-state index >= 15 is 0 Å². The van der Waals surface area contributed by atoms with E-state index in [0.717, 1.165) is 105 Å². The van der Waals surface area contributed by atoms with E-state index in [4.69, 9.17) is 5.73 Å². The van der Waals surface area contributed by atoms with Crippen LogP contribution >= 0.6 is 46.6 Å². The van der Waals surface area contributed by atoms with Gasteiger partial charge in [0.2, 0.25) is 0 Å². The molecule has 12 aliphatic carbocycles. The van der Waals surface area contributed by atoms with Gasteiger partial charge in [-0.05, 0) is 210 Å². The van der Waals surface area contributed by atoms with Crippen LogP contribution in [0.5, 0.6) is 0 Å². The number of aromatic nitrogens is 5. The highest BCUT2D eigenvalue weighted by Gasteiger charge is 2.72. The zero-order valence-corrected chi connectivity index (χ0v) is 65.0. The Morgan fingerprint density at radius 3 is 1.39 bits per heavy atom. The Morgan fingerprint density at radius 2 is 0.935 bits per heavy atom. The molecule has 6 aromatic rings. The van der Waals surface area contributed by atoms with Gasteiger partial charge in [-0.2, -0.15) is 0 Å². The molecule has 18 nitrogen and oxygen atoms in total. The van der Waals surface area contributed by atoms with E-state index in [0.29, 0.717) is 54.5 Å². The minimum Gasteiger partial charge on any atom is -0.399 e. The number of nitrogens with zero attached hydrogens (tertiary/aromatic N) is 3. The Balaban J connectivity index is 0.000000123. The predicted octanol–water partition coefficient (Wildman–Crippen LogP) is 13.3. The summed E-state index contributed by atoms with van der Waals surface area (Å²) >= 11 is 5.53. The van der Waals surface area contributed by atoms with Crippen LogP contribution in [-0.2, 0) is 28.8 Å². The molecule has 564 valence electrons. The maximum atomic E-state index is 13.6. The number of thiazole rings is 1. The van der Waals surface area contributed by atoms with Crippen LogP contribution in [0, 0.1) is 91.7 Å². The number of H-pyrrole nitrogens is 2. The molecule has 0 saturated heterocycles. The van der Waals surface area contributed by atoms with Gasteiger partial charge in [0.15, 0.2) is 49.4 Å². The molecule has 3 aromatic heterocycles. The van der Waals surface area contributed by atoms with Crippen LogP contribution in [0.25, 0.3) is 32.3 Å². The molecule has 0 amide bonds. The number of anilines is 1. The molecule has 0 radical (unpaired) electrons. The van der Waals surface area contributed by atoms with Gasteiger partial charge in [-0.25, -0.2) is 15.0 Å². The van der Waals surface area contributed by atoms with Crippen LogP contribution < -0.4 is 5.73 Å². The van der Waals surface area contributed by atoms with Gasteiger partial charge in [0, 0.05) is 55.9 Å². The molecule has 22 heteroatoms. The van der Waals surface area contributed by atoms with E-state index in [-0.39, 0.29) is 127 Å². The fourth-order valence-electron chi connectivity index (χ4n) is 24.5. The maximum Gasteiger partial charge on any atom is 0.178 e. The SMILES string of the molecule is CC12C=CC(=O)C=C1CCC1C2[C@@H](O)CC2(C)C1CC[C@]2(O)C(=O)CSc1nc2ccc(N)cc2s1.CC12C=CC(=O)C=C1CCC1C2[C@@H](O)CC2(C)C1CC[C@]2(O)C(=O)CSc1nc2ccccc2[nH]1.C[C@H]1CC2C([C@@H](O)CC3(C)C2CC[C@]3(O)C(=O)CSc2nc3ccccc3[nH]2)C2(C)C=CC(=O)C=C12. The molecule has 12 aliphatic rings. The van der Waals surface area contributed by atoms with Crippen LogP contribution in [0.15, 0.2) is 153 Å². The normalized spacial score (nSPS) is 40.4. The van der Waals surface area contributed by atoms with Crippen LogP contribution in [0.4, 0.5) is 5.69 Å². The number of ketones is 6. The second-order valence-electron chi connectivity index (χ2n) is 34.8. The average molecular weight is 1520 g/mol. The van der Waals surface area contributed by atoms with Crippen LogP contribution in [0.3, 0.4) is 0 Å². The van der Waals surface area contributed by atoms with Crippen LogP contribution in [-0.4, -0.2) is 143 Å². The van der Waals surface area contributed by atoms with Crippen molar-refractivity contribution in [3.63, 3.8) is 0 Å². The summed E-state index contributed by atoms with van der Waals surface area (Å²) in [4.78, 5) is 97.2. The summed E-state index contributed by atoms with van der Waals surface area (Å²) in [7, 11) is 0. The lowest BCUT2D eigenvalue weighted by Gasteiger charge is -2.60. The summed E-state index contributed by atoms with van der Waals surface area (Å²) in [6, 6.07) is 21.1. The Labute approximate surface area is 640 Å². The summed E-state index contributed by atoms with van der Waals surface area (Å²) in [5.74, 6) is 1.15. The van der Waals surface area contributed by atoms with Gasteiger partial charge in [0.1, 0.15) is 16.8 Å². The summed E-state index contributed by atoms with van der Waals surface area (Å²) in [5.41, 5.74) is 6.79. The average Bonchev–Trinajstić information content (AvgIpc) is 1.61. The zero-order chi connectivity index (χ0) is 75.5. The number of thioether (sulfide) groups is 3. The summed E-state index contributed by atoms with van der Waals surface area (Å²) in [6.45, 7) is 14.6. The Bertz CT molecular complexity index is 4810. The number of aliphatic hydroxyl groups excluding tert-OH is 3. The van der Waals surface area contributed by atoms with Crippen LogP contribution in [0.1, 0.15) is 138 Å². The molecule has 0 aliphatic heterocycles. The smallest absolute Gasteiger partial charge is 0.178 e. The number of fused-ring (bicyclic) bond motifs is 18. The standard InChI is InChI=1S/C29H34N2O4S.C28H32N2O4S2.C28H32N2O4S/c1-16-12-18-19-9-11-29(35,24(34)15-36-26-30-21-6-4-5-7-22(21)31-26)28(19,3)14-23(33)25(18)27(2)10-8-17(32)13-20(16)27;1-26-9-7-17(31)11-15(26)3-5-18-19-8-10-28(34,27(19,2)13-21(32)24(18)26)23(33)14-35-25-30-20-6-4-16(29)12-22(20)36-25;1-26-11-9-17(31)13-16(26)7-8-18-19-10-12-28(34,27(19,2)14-22(32)24(18)26)23(33)15-35-25-29-20-5-3-4-6-21(20)30-25/h4-8,10,13,16,18-19,23,25,33,35H,9,11-12,14-15H2,1-3H3,(H,30,31);4,6-7,9,11-12,18-19,21,24,32,34H,3,5,8,10,13-14,29H2,1-2H3;3-6,9,11,13,18-19,22,24,32,34H,7-8,10,12,14-15H2,1-2H3,(H,29,30)/t16-,18?,19?,23-,25?,27?,28?,29-;18?,19?,21-,24?,26?,27?,28-;18?,19?,22-,24?,26?,27?,28-/m000/s1. The molecule has 0 spiro atoms. The Kier molecular flexibility index (Phi) is 18.8. The molecule has 3 heterocycles. The largest absolute Gasteiger partial charge is 0.399 e. The third-order valence-electron chi connectivity index (χ3n) is 29.8. The van der Waals surface area contributed by atoms with E-state index in [1.165, 1.54) is 46.6 Å². The van der Waals surface area contributed by atoms with Gasteiger partial charge in [-0.1, -0.05) is 143 Å². The number of nitrogens with two attached hydrogens (primary N) is 1. The van der Waals surface area contributed by atoms with Gasteiger partial charge < -0.3 is 46.3 Å². The first kappa shape index (κ1) is 74.6. The monoisotopic (exact) mass is 1520 g/mol. The quantitative estimate of drug-likeness (QED) is 0.0406. The minimum atomic E-state index is -1.47. The van der Waals surface area contributed by atoms with Crippen molar-refractivity contribution in [3.05, 3.63) is 138 Å². The van der Waals surface area contributed by atoms with E-state index in [2.05, 4.69) is 52.6 Å².